The Bertz CT molecular complexity index is 661. The second kappa shape index (κ2) is 4.03. The number of benzene rings is 2. The zero-order chi connectivity index (χ0) is 13.4. The maximum atomic E-state index is 11.3. The van der Waals surface area contributed by atoms with Gasteiger partial charge in [-0.05, 0) is 30.5 Å². The fraction of sp³-hybridized carbons (Fsp3) is 0.0769. The predicted octanol–water partition coefficient (Wildman–Crippen LogP) is 2.15. The van der Waals surface area contributed by atoms with Gasteiger partial charge in [-0.25, -0.2) is 4.79 Å². The number of phenols is 2. The highest BCUT2D eigenvalue weighted by molar-refractivity contribution is 6.05. The Morgan fingerprint density at radius 2 is 1.72 bits per heavy atom. The zero-order valence-corrected chi connectivity index (χ0v) is 9.47. The maximum Gasteiger partial charge on any atom is 0.339 e. The Morgan fingerprint density at radius 3 is 2.28 bits per heavy atom. The van der Waals surface area contributed by atoms with Crippen molar-refractivity contribution in [3.8, 4) is 11.5 Å². The van der Waals surface area contributed by atoms with Crippen LogP contribution in [0.2, 0.25) is 0 Å². The number of ketones is 1. The first kappa shape index (κ1) is 11.9. The normalized spacial score (nSPS) is 10.5. The van der Waals surface area contributed by atoms with E-state index in [1.165, 1.54) is 25.1 Å². The van der Waals surface area contributed by atoms with Gasteiger partial charge in [0.2, 0.25) is 0 Å². The van der Waals surface area contributed by atoms with E-state index in [0.29, 0.717) is 5.39 Å². The van der Waals surface area contributed by atoms with Gasteiger partial charge in [0.1, 0.15) is 17.1 Å². The van der Waals surface area contributed by atoms with Crippen LogP contribution in [0.15, 0.2) is 24.3 Å². The Hall–Kier alpha value is -2.56. The van der Waals surface area contributed by atoms with E-state index in [-0.39, 0.29) is 28.0 Å². The summed E-state index contributed by atoms with van der Waals surface area (Å²) < 4.78 is 0. The molecule has 0 unspecified atom stereocenters. The monoisotopic (exact) mass is 246 g/mol. The second-order valence-electron chi connectivity index (χ2n) is 3.91. The van der Waals surface area contributed by atoms with Crippen molar-refractivity contribution in [2.45, 2.75) is 6.92 Å². The highest BCUT2D eigenvalue weighted by Gasteiger charge is 2.15. The lowest BCUT2D eigenvalue weighted by molar-refractivity contribution is 0.0693. The summed E-state index contributed by atoms with van der Waals surface area (Å²) in [5, 5.41) is 29.0. The van der Waals surface area contributed by atoms with E-state index < -0.39 is 11.7 Å². The Kier molecular flexibility index (Phi) is 2.67. The molecule has 92 valence electrons. The van der Waals surface area contributed by atoms with Gasteiger partial charge in [-0.3, -0.25) is 4.79 Å². The summed E-state index contributed by atoms with van der Waals surface area (Å²) in [4.78, 5) is 22.1. The molecule has 5 heteroatoms. The Balaban J connectivity index is 2.81. The van der Waals surface area contributed by atoms with Gasteiger partial charge in [-0.1, -0.05) is 6.07 Å². The molecular weight excluding hydrogens is 236 g/mol. The van der Waals surface area contributed by atoms with Gasteiger partial charge < -0.3 is 15.3 Å². The Morgan fingerprint density at radius 1 is 1.06 bits per heavy atom. The summed E-state index contributed by atoms with van der Waals surface area (Å²) in [6.07, 6.45) is 0. The van der Waals surface area contributed by atoms with Gasteiger partial charge in [0.05, 0.1) is 5.56 Å². The van der Waals surface area contributed by atoms with Gasteiger partial charge in [0.15, 0.2) is 5.78 Å². The van der Waals surface area contributed by atoms with Crippen LogP contribution in [0.1, 0.15) is 27.6 Å². The number of carboxylic acid groups (broad SMARTS) is 1. The molecule has 2 aromatic rings. The number of aromatic hydroxyl groups is 2. The number of fused-ring (bicyclic) bond motifs is 1. The number of carbonyl (C=O) groups is 2. The molecule has 0 spiro atoms. The minimum absolute atomic E-state index is 0.130. The van der Waals surface area contributed by atoms with Crippen molar-refractivity contribution >= 4 is 22.5 Å². The van der Waals surface area contributed by atoms with Crippen LogP contribution in [-0.2, 0) is 0 Å². The van der Waals surface area contributed by atoms with E-state index in [1.807, 2.05) is 0 Å². The smallest absolute Gasteiger partial charge is 0.339 e. The first-order valence-electron chi connectivity index (χ1n) is 5.14. The predicted molar refractivity (Wildman–Crippen MR) is 64.2 cm³/mol. The number of hydrogen-bond donors (Lipinski definition) is 3. The van der Waals surface area contributed by atoms with Gasteiger partial charge in [0.25, 0.3) is 0 Å². The van der Waals surface area contributed by atoms with E-state index in [4.69, 9.17) is 5.11 Å². The zero-order valence-electron chi connectivity index (χ0n) is 9.47. The molecule has 0 heterocycles. The van der Waals surface area contributed by atoms with E-state index in [2.05, 4.69) is 0 Å². The van der Waals surface area contributed by atoms with Gasteiger partial charge in [-0.2, -0.15) is 0 Å². The van der Waals surface area contributed by atoms with Crippen molar-refractivity contribution < 1.29 is 24.9 Å². The van der Waals surface area contributed by atoms with Crippen molar-refractivity contribution in [2.75, 3.05) is 0 Å². The number of hydrogen-bond acceptors (Lipinski definition) is 4. The lowest BCUT2D eigenvalue weighted by Gasteiger charge is -2.07. The minimum Gasteiger partial charge on any atom is -0.507 e. The summed E-state index contributed by atoms with van der Waals surface area (Å²) in [5.74, 6) is -2.28. The van der Waals surface area contributed by atoms with E-state index in [9.17, 15) is 19.8 Å². The van der Waals surface area contributed by atoms with E-state index in [1.54, 1.807) is 0 Å². The van der Waals surface area contributed by atoms with Crippen molar-refractivity contribution in [2.24, 2.45) is 0 Å². The number of Topliss-reactive ketones (excluding diaryl/α,β-unsaturated/α-hetero) is 1. The third-order valence-corrected chi connectivity index (χ3v) is 2.72. The molecule has 0 aliphatic carbocycles. The number of carboxylic acids is 1. The Labute approximate surface area is 102 Å². The molecule has 0 saturated carbocycles. The van der Waals surface area contributed by atoms with Crippen LogP contribution in [0, 0.1) is 0 Å². The third-order valence-electron chi connectivity index (χ3n) is 2.72. The fourth-order valence-corrected chi connectivity index (χ4v) is 1.80. The number of carbonyl (C=O) groups excluding carboxylic acids is 1. The topological polar surface area (TPSA) is 94.8 Å². The SMILES string of the molecule is CC(=O)c1ccc2cc(C(=O)O)c(O)cc2c1O. The summed E-state index contributed by atoms with van der Waals surface area (Å²) in [5.41, 5.74) is -0.123. The van der Waals surface area contributed by atoms with Crippen LogP contribution in [0.4, 0.5) is 0 Å². The van der Waals surface area contributed by atoms with Gasteiger partial charge in [0, 0.05) is 5.39 Å². The molecule has 0 atom stereocenters. The molecule has 0 amide bonds. The molecule has 0 bridgehead atoms. The largest absolute Gasteiger partial charge is 0.507 e. The fourth-order valence-electron chi connectivity index (χ4n) is 1.80. The highest BCUT2D eigenvalue weighted by Crippen LogP contribution is 2.33. The lowest BCUT2D eigenvalue weighted by Crippen LogP contribution is -1.98. The molecule has 2 rings (SSSR count). The summed E-state index contributed by atoms with van der Waals surface area (Å²) in [7, 11) is 0. The van der Waals surface area contributed by atoms with Crippen molar-refractivity contribution in [3.63, 3.8) is 0 Å². The number of rotatable bonds is 2. The molecule has 0 radical (unpaired) electrons. The van der Waals surface area contributed by atoms with E-state index >= 15 is 0 Å². The average molecular weight is 246 g/mol. The molecule has 0 aliphatic rings. The summed E-state index contributed by atoms with van der Waals surface area (Å²) >= 11 is 0. The molecule has 0 saturated heterocycles. The van der Waals surface area contributed by atoms with Crippen LogP contribution in [0.5, 0.6) is 11.5 Å². The standard InChI is InChI=1S/C13H10O5/c1-6(14)8-3-2-7-4-10(13(17)18)11(15)5-9(7)12(8)16/h2-5,15-16H,1H3,(H,17,18). The molecule has 0 aromatic heterocycles. The van der Waals surface area contributed by atoms with E-state index in [0.717, 1.165) is 6.07 Å². The third kappa shape index (κ3) is 1.75. The van der Waals surface area contributed by atoms with Crippen molar-refractivity contribution in [1.82, 2.24) is 0 Å². The van der Waals surface area contributed by atoms with Crippen LogP contribution in [0.3, 0.4) is 0 Å². The highest BCUT2D eigenvalue weighted by atomic mass is 16.4. The van der Waals surface area contributed by atoms with Crippen LogP contribution < -0.4 is 0 Å². The maximum absolute atomic E-state index is 11.3. The average Bonchev–Trinajstić information content (AvgIpc) is 2.28. The molecule has 3 N–H and O–H groups in total. The molecular formula is C13H10O5. The quantitative estimate of drug-likeness (QED) is 0.706. The van der Waals surface area contributed by atoms with Crippen LogP contribution in [0.25, 0.3) is 10.8 Å². The first-order chi connectivity index (χ1) is 8.41. The molecule has 0 aliphatic heterocycles. The summed E-state index contributed by atoms with van der Waals surface area (Å²) in [6, 6.07) is 5.33. The second-order valence-corrected chi connectivity index (χ2v) is 3.91. The van der Waals surface area contributed by atoms with Gasteiger partial charge >= 0.3 is 5.97 Å². The van der Waals surface area contributed by atoms with Crippen LogP contribution >= 0.6 is 0 Å². The molecule has 5 nitrogen and oxygen atoms in total. The summed E-state index contributed by atoms with van der Waals surface area (Å²) in [6.45, 7) is 1.31. The van der Waals surface area contributed by atoms with Gasteiger partial charge in [-0.15, -0.1) is 0 Å². The molecule has 0 fully saturated rings. The number of aromatic carboxylic acids is 1. The molecule has 18 heavy (non-hydrogen) atoms. The molecule has 2 aromatic carbocycles. The van der Waals surface area contributed by atoms with Crippen LogP contribution in [-0.4, -0.2) is 27.1 Å². The lowest BCUT2D eigenvalue weighted by atomic mass is 10.0. The minimum atomic E-state index is -1.26. The number of phenolic OH excluding ortho intramolecular Hbond substituents is 1. The first-order valence-corrected chi connectivity index (χ1v) is 5.14. The van der Waals surface area contributed by atoms with Crippen molar-refractivity contribution in [1.29, 1.82) is 0 Å². The van der Waals surface area contributed by atoms with Crippen molar-refractivity contribution in [3.05, 3.63) is 35.4 Å².